The molecule has 1 aliphatic rings. The number of aromatic nitrogens is 4. The van der Waals surface area contributed by atoms with Gasteiger partial charge in [-0.25, -0.2) is 9.98 Å². The number of nitrogens with one attached hydrogen (secondary N) is 1. The van der Waals surface area contributed by atoms with E-state index in [4.69, 9.17) is 0 Å². The van der Waals surface area contributed by atoms with Crippen molar-refractivity contribution in [1.82, 2.24) is 19.7 Å². The van der Waals surface area contributed by atoms with E-state index in [9.17, 15) is 4.79 Å². The molecule has 0 aliphatic heterocycles. The zero-order chi connectivity index (χ0) is 25.8. The van der Waals surface area contributed by atoms with Crippen molar-refractivity contribution in [1.29, 1.82) is 0 Å². The summed E-state index contributed by atoms with van der Waals surface area (Å²) in [4.78, 5) is 24.0. The van der Waals surface area contributed by atoms with Crippen molar-refractivity contribution in [2.75, 3.05) is 17.3 Å². The minimum Gasteiger partial charge on any atom is -0.336 e. The second-order valence-electron chi connectivity index (χ2n) is 9.18. The van der Waals surface area contributed by atoms with E-state index in [1.807, 2.05) is 65.0 Å². The van der Waals surface area contributed by atoms with Crippen LogP contribution in [0.1, 0.15) is 41.7 Å². The fourth-order valence-corrected chi connectivity index (χ4v) is 4.03. The number of anilines is 2. The van der Waals surface area contributed by atoms with Crippen LogP contribution in [0.2, 0.25) is 0 Å². The van der Waals surface area contributed by atoms with E-state index in [2.05, 4.69) is 51.1 Å². The van der Waals surface area contributed by atoms with Crippen LogP contribution in [0, 0.1) is 5.92 Å². The quantitative estimate of drug-likeness (QED) is 0.244. The van der Waals surface area contributed by atoms with Gasteiger partial charge in [-0.15, -0.1) is 10.2 Å². The van der Waals surface area contributed by atoms with Crippen LogP contribution in [0.25, 0.3) is 11.5 Å². The molecule has 0 unspecified atom stereocenters. The lowest BCUT2D eigenvalue weighted by Crippen LogP contribution is -2.17. The number of carbonyl (C=O) groups excluding carboxylic acids is 1. The number of aliphatic imine (C=N–C) groups is 1. The Kier molecular flexibility index (Phi) is 6.89. The van der Waals surface area contributed by atoms with Crippen LogP contribution >= 0.6 is 0 Å². The van der Waals surface area contributed by atoms with Gasteiger partial charge in [-0.2, -0.15) is 0 Å². The van der Waals surface area contributed by atoms with Gasteiger partial charge in [0.1, 0.15) is 17.8 Å². The van der Waals surface area contributed by atoms with Crippen molar-refractivity contribution in [3.63, 3.8) is 0 Å². The molecule has 1 N–H and O–H groups in total. The monoisotopic (exact) mass is 491 g/mol. The fourth-order valence-electron chi connectivity index (χ4n) is 4.03. The molecule has 0 radical (unpaired) electrons. The number of carbonyl (C=O) groups is 1. The normalized spacial score (nSPS) is 13.9. The fraction of sp³-hybridized carbons (Fsp3) is 0.207. The van der Waals surface area contributed by atoms with Crippen LogP contribution in [0.15, 0.2) is 96.4 Å². The van der Waals surface area contributed by atoms with E-state index in [1.54, 1.807) is 24.8 Å². The van der Waals surface area contributed by atoms with Crippen molar-refractivity contribution < 1.29 is 4.79 Å². The number of rotatable bonds is 9. The topological polar surface area (TPSA) is 88.3 Å². The van der Waals surface area contributed by atoms with Crippen molar-refractivity contribution in [2.45, 2.75) is 25.8 Å². The molecule has 0 bridgehead atoms. The van der Waals surface area contributed by atoms with Gasteiger partial charge >= 0.3 is 0 Å². The molecule has 0 spiro atoms. The molecule has 1 saturated carbocycles. The Morgan fingerprint density at radius 2 is 1.92 bits per heavy atom. The molecular formula is C29H29N7O. The van der Waals surface area contributed by atoms with E-state index in [1.165, 1.54) is 0 Å². The summed E-state index contributed by atoms with van der Waals surface area (Å²) in [6.45, 7) is 6.11. The molecule has 8 nitrogen and oxygen atoms in total. The summed E-state index contributed by atoms with van der Waals surface area (Å²) >= 11 is 0. The third kappa shape index (κ3) is 5.64. The summed E-state index contributed by atoms with van der Waals surface area (Å²) in [6.07, 6.45) is 5.77. The zero-order valence-electron chi connectivity index (χ0n) is 21.0. The smallest absolute Gasteiger partial charge is 0.256 e. The Bertz CT molecular complexity index is 1440. The van der Waals surface area contributed by atoms with Crippen LogP contribution < -0.4 is 10.2 Å². The van der Waals surface area contributed by atoms with E-state index in [-0.39, 0.29) is 11.9 Å². The predicted molar refractivity (Wildman–Crippen MR) is 147 cm³/mol. The molecule has 37 heavy (non-hydrogen) atoms. The third-order valence-electron chi connectivity index (χ3n) is 6.45. The van der Waals surface area contributed by atoms with Crippen LogP contribution in [0.3, 0.4) is 0 Å². The van der Waals surface area contributed by atoms with Gasteiger partial charge in [-0.1, -0.05) is 49.0 Å². The Balaban J connectivity index is 1.31. The average Bonchev–Trinajstić information content (AvgIpc) is 3.68. The van der Waals surface area contributed by atoms with Gasteiger partial charge in [0, 0.05) is 29.9 Å². The maximum atomic E-state index is 13.1. The van der Waals surface area contributed by atoms with Gasteiger partial charge in [0.25, 0.3) is 5.91 Å². The Hall–Kier alpha value is -4.59. The van der Waals surface area contributed by atoms with Crippen molar-refractivity contribution >= 4 is 23.8 Å². The third-order valence-corrected chi connectivity index (χ3v) is 6.45. The minimum atomic E-state index is -0.252. The number of amides is 1. The lowest BCUT2D eigenvalue weighted by atomic mass is 10.1. The van der Waals surface area contributed by atoms with E-state index >= 15 is 0 Å². The van der Waals surface area contributed by atoms with E-state index < -0.39 is 0 Å². The second kappa shape index (κ2) is 10.6. The molecule has 2 aromatic heterocycles. The molecule has 1 aliphatic carbocycles. The van der Waals surface area contributed by atoms with Gasteiger partial charge in [0.05, 0.1) is 12.4 Å². The van der Waals surface area contributed by atoms with Crippen LogP contribution in [-0.4, -0.2) is 39.0 Å². The molecule has 1 amide bonds. The standard InChI is InChI=1S/C29H29N7O/c1-20(22-15-16-22)30-18-35(3)25-12-7-11-24(17-25)29(37)33-27-14-8-13-26(32-27)28-34-31-19-36(28)21(2)23-9-5-4-6-10-23/h4-14,17-19,21-22H,1,15-16H2,2-3H3,(H,32,33,37)/b30-18-/t21-/m0/s1. The van der Waals surface area contributed by atoms with Crippen LogP contribution in [0.5, 0.6) is 0 Å². The van der Waals surface area contributed by atoms with Crippen molar-refractivity contribution in [3.05, 3.63) is 103 Å². The van der Waals surface area contributed by atoms with Crippen molar-refractivity contribution in [3.8, 4) is 11.5 Å². The highest BCUT2D eigenvalue weighted by Crippen LogP contribution is 2.35. The Morgan fingerprint density at radius 3 is 2.70 bits per heavy atom. The SMILES string of the molecule is C=C(/N=C\N(C)c1cccc(C(=O)Nc2cccc(-c3nncn3[C@@H](C)c3ccccc3)n2)c1)C1CC1. The summed E-state index contributed by atoms with van der Waals surface area (Å²) in [7, 11) is 1.90. The summed E-state index contributed by atoms with van der Waals surface area (Å²) in [5, 5.41) is 11.3. The first-order valence-corrected chi connectivity index (χ1v) is 12.3. The summed E-state index contributed by atoms with van der Waals surface area (Å²) in [6, 6.07) is 23.0. The molecular weight excluding hydrogens is 462 g/mol. The summed E-state index contributed by atoms with van der Waals surface area (Å²) < 4.78 is 1.97. The van der Waals surface area contributed by atoms with Gasteiger partial charge in [0.2, 0.25) is 0 Å². The first-order valence-electron chi connectivity index (χ1n) is 12.3. The molecule has 186 valence electrons. The van der Waals surface area contributed by atoms with Gasteiger partial charge < -0.3 is 14.8 Å². The van der Waals surface area contributed by atoms with Gasteiger partial charge in [0.15, 0.2) is 5.82 Å². The lowest BCUT2D eigenvalue weighted by molar-refractivity contribution is 0.102. The molecule has 2 aromatic carbocycles. The van der Waals surface area contributed by atoms with E-state index in [0.29, 0.717) is 28.8 Å². The molecule has 5 rings (SSSR count). The lowest BCUT2D eigenvalue weighted by Gasteiger charge is -2.16. The molecule has 8 heteroatoms. The number of benzene rings is 2. The maximum absolute atomic E-state index is 13.1. The summed E-state index contributed by atoms with van der Waals surface area (Å²) in [5.74, 6) is 1.33. The first-order chi connectivity index (χ1) is 18.0. The predicted octanol–water partition coefficient (Wildman–Crippen LogP) is 5.59. The zero-order valence-corrected chi connectivity index (χ0v) is 21.0. The Morgan fingerprint density at radius 1 is 1.14 bits per heavy atom. The maximum Gasteiger partial charge on any atom is 0.256 e. The molecule has 0 saturated heterocycles. The highest BCUT2D eigenvalue weighted by Gasteiger charge is 2.24. The first kappa shape index (κ1) is 24.1. The van der Waals surface area contributed by atoms with Crippen molar-refractivity contribution in [2.24, 2.45) is 10.9 Å². The number of hydrogen-bond donors (Lipinski definition) is 1. The molecule has 4 aromatic rings. The number of hydrogen-bond acceptors (Lipinski definition) is 5. The van der Waals surface area contributed by atoms with Crippen LogP contribution in [0.4, 0.5) is 11.5 Å². The molecule has 1 atom stereocenters. The second-order valence-corrected chi connectivity index (χ2v) is 9.18. The summed E-state index contributed by atoms with van der Waals surface area (Å²) in [5.41, 5.74) is 4.04. The average molecular weight is 492 g/mol. The minimum absolute atomic E-state index is 0.0240. The molecule has 1 fully saturated rings. The number of pyridine rings is 1. The number of nitrogens with zero attached hydrogens (tertiary/aromatic N) is 6. The highest BCUT2D eigenvalue weighted by atomic mass is 16.1. The highest BCUT2D eigenvalue weighted by molar-refractivity contribution is 6.04. The van der Waals surface area contributed by atoms with Gasteiger partial charge in [-0.05, 0) is 55.7 Å². The van der Waals surface area contributed by atoms with Gasteiger partial charge in [-0.3, -0.25) is 4.79 Å². The number of allylic oxidation sites excluding steroid dienone is 1. The molecule has 2 heterocycles. The largest absolute Gasteiger partial charge is 0.336 e. The Labute approximate surface area is 216 Å². The van der Waals surface area contributed by atoms with Crippen LogP contribution in [-0.2, 0) is 0 Å². The van der Waals surface area contributed by atoms with E-state index in [0.717, 1.165) is 29.8 Å².